The molecule has 6 heteroatoms. The zero-order valence-corrected chi connectivity index (χ0v) is 11.0. The molecule has 16 heavy (non-hydrogen) atoms. The van der Waals surface area contributed by atoms with Crippen molar-refractivity contribution in [3.8, 4) is 11.3 Å². The van der Waals surface area contributed by atoms with Gasteiger partial charge in [-0.25, -0.2) is 4.98 Å². The van der Waals surface area contributed by atoms with Gasteiger partial charge in [0.05, 0.1) is 22.8 Å². The van der Waals surface area contributed by atoms with E-state index >= 15 is 0 Å². The molecule has 0 saturated carbocycles. The summed E-state index contributed by atoms with van der Waals surface area (Å²) in [7, 11) is 0. The summed E-state index contributed by atoms with van der Waals surface area (Å²) in [4.78, 5) is 7.47. The van der Waals surface area contributed by atoms with E-state index in [9.17, 15) is 0 Å². The van der Waals surface area contributed by atoms with Gasteiger partial charge in [-0.1, -0.05) is 30.1 Å². The number of halogens is 2. The van der Waals surface area contributed by atoms with E-state index in [1.807, 2.05) is 6.07 Å². The molecule has 0 fully saturated rings. The molecule has 2 heterocycles. The largest absolute Gasteiger partial charge is 0.341 e. The van der Waals surface area contributed by atoms with Crippen LogP contribution in [0.4, 0.5) is 0 Å². The van der Waals surface area contributed by atoms with Crippen molar-refractivity contribution in [2.24, 2.45) is 0 Å². The van der Waals surface area contributed by atoms with Gasteiger partial charge < -0.3 is 10.3 Å². The number of nitrogens with zero attached hydrogens (tertiary/aromatic N) is 1. The highest BCUT2D eigenvalue weighted by atomic mass is 35.5. The fraction of sp³-hybridized carbons (Fsp3) is 0.300. The Labute approximate surface area is 108 Å². The number of H-pyrrole nitrogens is 1. The number of hydrogen-bond donors (Lipinski definition) is 2. The monoisotopic (exact) mass is 275 g/mol. The summed E-state index contributed by atoms with van der Waals surface area (Å²) >= 11 is 13.3. The lowest BCUT2D eigenvalue weighted by Crippen LogP contribution is -2.12. The predicted octanol–water partition coefficient (Wildman–Crippen LogP) is 3.55. The molecule has 0 amide bonds. The third-order valence-electron chi connectivity index (χ3n) is 2.12. The molecule has 0 unspecified atom stereocenters. The van der Waals surface area contributed by atoms with Crippen molar-refractivity contribution < 1.29 is 0 Å². The molecule has 0 saturated heterocycles. The number of aromatic nitrogens is 2. The van der Waals surface area contributed by atoms with Crippen molar-refractivity contribution in [1.82, 2.24) is 15.3 Å². The van der Waals surface area contributed by atoms with Gasteiger partial charge in [-0.05, 0) is 12.6 Å². The molecular weight excluding hydrogens is 265 g/mol. The first kappa shape index (κ1) is 11.9. The third kappa shape index (κ3) is 2.58. The van der Waals surface area contributed by atoms with Crippen molar-refractivity contribution in [3.05, 3.63) is 26.8 Å². The molecule has 2 rings (SSSR count). The first-order valence-electron chi connectivity index (χ1n) is 4.90. The van der Waals surface area contributed by atoms with Crippen LogP contribution in [0.5, 0.6) is 0 Å². The van der Waals surface area contributed by atoms with Crippen LogP contribution in [-0.2, 0) is 6.54 Å². The van der Waals surface area contributed by atoms with Crippen LogP contribution in [0.1, 0.15) is 12.7 Å². The second-order valence-corrected chi connectivity index (χ2v) is 5.55. The van der Waals surface area contributed by atoms with Gasteiger partial charge in [0, 0.05) is 5.56 Å². The molecule has 2 N–H and O–H groups in total. The fourth-order valence-corrected chi connectivity index (χ4v) is 2.85. The van der Waals surface area contributed by atoms with E-state index in [0.29, 0.717) is 8.67 Å². The Morgan fingerprint density at radius 2 is 2.31 bits per heavy atom. The van der Waals surface area contributed by atoms with Gasteiger partial charge >= 0.3 is 0 Å². The maximum absolute atomic E-state index is 6.06. The standard InChI is InChI=1S/C10H11Cl2N3S/c1-2-13-5-9-14-4-7(15-9)6-3-8(11)16-10(6)12/h3-4,13H,2,5H2,1H3,(H,14,15). The first-order valence-corrected chi connectivity index (χ1v) is 6.47. The minimum absolute atomic E-state index is 0.683. The highest BCUT2D eigenvalue weighted by molar-refractivity contribution is 7.20. The van der Waals surface area contributed by atoms with Crippen molar-refractivity contribution in [1.29, 1.82) is 0 Å². The van der Waals surface area contributed by atoms with Crippen molar-refractivity contribution >= 4 is 34.5 Å². The number of hydrogen-bond acceptors (Lipinski definition) is 3. The van der Waals surface area contributed by atoms with Crippen LogP contribution in [0.3, 0.4) is 0 Å². The van der Waals surface area contributed by atoms with Gasteiger partial charge in [0.2, 0.25) is 0 Å². The summed E-state index contributed by atoms with van der Waals surface area (Å²) in [5, 5.41) is 3.20. The number of rotatable bonds is 4. The van der Waals surface area contributed by atoms with Gasteiger partial charge in [-0.15, -0.1) is 11.3 Å². The lowest BCUT2D eigenvalue weighted by atomic mass is 10.3. The highest BCUT2D eigenvalue weighted by Crippen LogP contribution is 2.37. The smallest absolute Gasteiger partial charge is 0.120 e. The van der Waals surface area contributed by atoms with Crippen molar-refractivity contribution in [2.45, 2.75) is 13.5 Å². The van der Waals surface area contributed by atoms with Crippen LogP contribution in [-0.4, -0.2) is 16.5 Å². The molecule has 3 nitrogen and oxygen atoms in total. The molecule has 2 aromatic rings. The zero-order valence-electron chi connectivity index (χ0n) is 8.68. The Balaban J connectivity index is 2.21. The van der Waals surface area contributed by atoms with Crippen LogP contribution < -0.4 is 5.32 Å². The average molecular weight is 276 g/mol. The molecular formula is C10H11Cl2N3S. The molecule has 0 aliphatic rings. The number of aromatic amines is 1. The molecule has 0 aliphatic carbocycles. The van der Waals surface area contributed by atoms with E-state index in [-0.39, 0.29) is 0 Å². The number of nitrogens with one attached hydrogen (secondary N) is 2. The molecule has 0 spiro atoms. The molecule has 86 valence electrons. The Hall–Kier alpha value is -0.550. The second-order valence-electron chi connectivity index (χ2n) is 3.26. The molecule has 0 atom stereocenters. The molecule has 0 aromatic carbocycles. The molecule has 2 aromatic heterocycles. The van der Waals surface area contributed by atoms with Gasteiger partial charge in [-0.2, -0.15) is 0 Å². The lowest BCUT2D eigenvalue weighted by molar-refractivity contribution is 0.698. The second kappa shape index (κ2) is 5.19. The van der Waals surface area contributed by atoms with Crippen LogP contribution in [0.25, 0.3) is 11.3 Å². The van der Waals surface area contributed by atoms with E-state index in [1.54, 1.807) is 6.20 Å². The van der Waals surface area contributed by atoms with Crippen LogP contribution in [0.2, 0.25) is 8.67 Å². The molecule has 0 aliphatic heterocycles. The average Bonchev–Trinajstić information content (AvgIpc) is 2.82. The van der Waals surface area contributed by atoms with E-state index in [4.69, 9.17) is 23.2 Å². The van der Waals surface area contributed by atoms with Crippen LogP contribution >= 0.6 is 34.5 Å². The SMILES string of the molecule is CCNCc1ncc(-c2cc(Cl)sc2Cl)[nH]1. The zero-order chi connectivity index (χ0) is 11.5. The topological polar surface area (TPSA) is 40.7 Å². The van der Waals surface area contributed by atoms with Crippen molar-refractivity contribution in [3.63, 3.8) is 0 Å². The Morgan fingerprint density at radius 3 is 2.94 bits per heavy atom. The quantitative estimate of drug-likeness (QED) is 0.896. The summed E-state index contributed by atoms with van der Waals surface area (Å²) in [5.41, 5.74) is 1.81. The van der Waals surface area contributed by atoms with E-state index in [1.165, 1.54) is 11.3 Å². The number of imidazole rings is 1. The maximum Gasteiger partial charge on any atom is 0.120 e. The Morgan fingerprint density at radius 1 is 1.50 bits per heavy atom. The van der Waals surface area contributed by atoms with Gasteiger partial charge in [0.1, 0.15) is 10.2 Å². The highest BCUT2D eigenvalue weighted by Gasteiger charge is 2.10. The van der Waals surface area contributed by atoms with Crippen molar-refractivity contribution in [2.75, 3.05) is 6.54 Å². The van der Waals surface area contributed by atoms with Gasteiger partial charge in [0.15, 0.2) is 0 Å². The molecule has 0 radical (unpaired) electrons. The summed E-state index contributed by atoms with van der Waals surface area (Å²) < 4.78 is 1.37. The van der Waals surface area contributed by atoms with Crippen LogP contribution in [0, 0.1) is 0 Å². The fourth-order valence-electron chi connectivity index (χ4n) is 1.36. The minimum Gasteiger partial charge on any atom is -0.341 e. The van der Waals surface area contributed by atoms with Gasteiger partial charge in [0.25, 0.3) is 0 Å². The Kier molecular flexibility index (Phi) is 3.86. The predicted molar refractivity (Wildman–Crippen MR) is 69.3 cm³/mol. The first-order chi connectivity index (χ1) is 7.70. The van der Waals surface area contributed by atoms with Gasteiger partial charge in [-0.3, -0.25) is 0 Å². The Bertz CT molecular complexity index is 478. The summed E-state index contributed by atoms with van der Waals surface area (Å²) in [6.45, 7) is 3.70. The summed E-state index contributed by atoms with van der Waals surface area (Å²) in [6, 6.07) is 1.85. The van der Waals surface area contributed by atoms with E-state index in [2.05, 4.69) is 22.2 Å². The normalized spacial score (nSPS) is 10.9. The third-order valence-corrected chi connectivity index (χ3v) is 3.61. The maximum atomic E-state index is 6.06. The summed E-state index contributed by atoms with van der Waals surface area (Å²) in [6.07, 6.45) is 1.77. The minimum atomic E-state index is 0.683. The van der Waals surface area contributed by atoms with Crippen LogP contribution in [0.15, 0.2) is 12.3 Å². The molecule has 0 bridgehead atoms. The summed E-state index contributed by atoms with van der Waals surface area (Å²) in [5.74, 6) is 0.898. The van der Waals surface area contributed by atoms with E-state index in [0.717, 1.165) is 30.2 Å². The lowest BCUT2D eigenvalue weighted by Gasteiger charge is -1.96. The number of thiophene rings is 1. The van der Waals surface area contributed by atoms with E-state index < -0.39 is 0 Å².